The second-order valence-electron chi connectivity index (χ2n) is 3.20. The molecule has 0 heterocycles. The van der Waals surface area contributed by atoms with Gasteiger partial charge in [0, 0.05) is 0 Å². The maximum atomic E-state index is 10.6. The number of allylic oxidation sites excluding steroid dienone is 1. The summed E-state index contributed by atoms with van der Waals surface area (Å²) < 4.78 is 0. The summed E-state index contributed by atoms with van der Waals surface area (Å²) in [5.74, 6) is -0.982. The van der Waals surface area contributed by atoms with Crippen LogP contribution in [0.1, 0.15) is 25.7 Å². The van der Waals surface area contributed by atoms with Crippen LogP contribution in [-0.4, -0.2) is 22.3 Å². The van der Waals surface area contributed by atoms with Crippen molar-refractivity contribution in [2.75, 3.05) is 0 Å². The lowest BCUT2D eigenvalue weighted by Gasteiger charge is -2.14. The van der Waals surface area contributed by atoms with E-state index >= 15 is 0 Å². The van der Waals surface area contributed by atoms with Gasteiger partial charge in [0.15, 0.2) is 0 Å². The van der Waals surface area contributed by atoms with Crippen molar-refractivity contribution < 1.29 is 15.0 Å². The van der Waals surface area contributed by atoms with Crippen LogP contribution in [0, 0.1) is 5.92 Å². The second kappa shape index (κ2) is 4.26. The minimum absolute atomic E-state index is 0.256. The van der Waals surface area contributed by atoms with Crippen molar-refractivity contribution in [3.8, 4) is 0 Å². The quantitative estimate of drug-likeness (QED) is 0.581. The van der Waals surface area contributed by atoms with Gasteiger partial charge in [-0.2, -0.15) is 0 Å². The Morgan fingerprint density at radius 2 is 2.17 bits per heavy atom. The number of hydrogen-bond donors (Lipinski definition) is 2. The Bertz CT molecular complexity index is 186. The summed E-state index contributed by atoms with van der Waals surface area (Å²) in [6.45, 7) is 0. The van der Waals surface area contributed by atoms with Crippen molar-refractivity contribution in [1.82, 2.24) is 0 Å². The molecule has 0 radical (unpaired) electrons. The first-order chi connectivity index (χ1) is 5.70. The monoisotopic (exact) mass is 170 g/mol. The van der Waals surface area contributed by atoms with Gasteiger partial charge in [-0.3, -0.25) is 4.79 Å². The molecule has 0 spiro atoms. The average Bonchev–Trinajstić information content (AvgIpc) is 1.95. The average molecular weight is 170 g/mol. The van der Waals surface area contributed by atoms with E-state index in [1.165, 1.54) is 0 Å². The van der Waals surface area contributed by atoms with Crippen LogP contribution in [-0.2, 0) is 4.79 Å². The molecule has 0 aromatic heterocycles. The summed E-state index contributed by atoms with van der Waals surface area (Å²) in [4.78, 5) is 10.6. The third-order valence-corrected chi connectivity index (χ3v) is 2.18. The van der Waals surface area contributed by atoms with Crippen molar-refractivity contribution in [2.24, 2.45) is 5.92 Å². The van der Waals surface area contributed by atoms with Gasteiger partial charge in [0.1, 0.15) is 0 Å². The number of aliphatic hydroxyl groups is 1. The van der Waals surface area contributed by atoms with E-state index in [4.69, 9.17) is 5.11 Å². The van der Waals surface area contributed by atoms with E-state index in [9.17, 15) is 9.90 Å². The van der Waals surface area contributed by atoms with E-state index in [0.717, 1.165) is 6.42 Å². The number of aliphatic hydroxyl groups excluding tert-OH is 1. The molecule has 68 valence electrons. The Labute approximate surface area is 71.7 Å². The van der Waals surface area contributed by atoms with E-state index in [0.29, 0.717) is 19.3 Å². The SMILES string of the molecule is O=C(O)C1C/C=C\C(O)CCC1. The molecule has 3 nitrogen and oxygen atoms in total. The lowest BCUT2D eigenvalue weighted by Crippen LogP contribution is -2.15. The third kappa shape index (κ3) is 2.66. The standard InChI is InChI=1S/C9H14O3/c10-8-5-1-3-7(9(11)12)4-2-6-8/h1,5,7-8,10H,2-4,6H2,(H,11,12)/b5-1-. The normalized spacial score (nSPS) is 33.4. The predicted octanol–water partition coefficient (Wildman–Crippen LogP) is 1.18. The van der Waals surface area contributed by atoms with E-state index in [-0.39, 0.29) is 12.0 Å². The molecule has 1 rings (SSSR count). The summed E-state index contributed by atoms with van der Waals surface area (Å²) in [7, 11) is 0. The number of carboxylic acids is 1. The lowest BCUT2D eigenvalue weighted by atomic mass is 9.94. The highest BCUT2D eigenvalue weighted by atomic mass is 16.4. The zero-order valence-electron chi connectivity index (χ0n) is 6.94. The Hall–Kier alpha value is -0.830. The lowest BCUT2D eigenvalue weighted by molar-refractivity contribution is -0.142. The number of rotatable bonds is 1. The van der Waals surface area contributed by atoms with Crippen LogP contribution in [0.25, 0.3) is 0 Å². The van der Waals surface area contributed by atoms with Crippen molar-refractivity contribution in [2.45, 2.75) is 31.8 Å². The molecule has 0 bridgehead atoms. The van der Waals surface area contributed by atoms with Crippen LogP contribution in [0.15, 0.2) is 12.2 Å². The van der Waals surface area contributed by atoms with Crippen LogP contribution in [0.5, 0.6) is 0 Å². The molecule has 12 heavy (non-hydrogen) atoms. The number of carbonyl (C=O) groups is 1. The first-order valence-electron chi connectivity index (χ1n) is 4.27. The molecule has 0 fully saturated rings. The molecule has 1 aliphatic rings. The first kappa shape index (κ1) is 9.26. The molecule has 3 heteroatoms. The molecule has 0 aromatic rings. The first-order valence-corrected chi connectivity index (χ1v) is 4.27. The van der Waals surface area contributed by atoms with Crippen LogP contribution >= 0.6 is 0 Å². The molecular formula is C9H14O3. The summed E-state index contributed by atoms with van der Waals surface area (Å²) in [6, 6.07) is 0. The molecule has 0 aromatic carbocycles. The van der Waals surface area contributed by atoms with E-state index < -0.39 is 5.97 Å². The zero-order chi connectivity index (χ0) is 8.97. The van der Waals surface area contributed by atoms with Gasteiger partial charge in [0.25, 0.3) is 0 Å². The van der Waals surface area contributed by atoms with E-state index in [1.807, 2.05) is 0 Å². The summed E-state index contributed by atoms with van der Waals surface area (Å²) in [5.41, 5.74) is 0. The second-order valence-corrected chi connectivity index (χ2v) is 3.20. The summed E-state index contributed by atoms with van der Waals surface area (Å²) >= 11 is 0. The largest absolute Gasteiger partial charge is 0.481 e. The zero-order valence-corrected chi connectivity index (χ0v) is 6.94. The number of carboxylic acid groups (broad SMARTS) is 1. The third-order valence-electron chi connectivity index (χ3n) is 2.18. The van der Waals surface area contributed by atoms with Crippen molar-refractivity contribution in [3.05, 3.63) is 12.2 Å². The van der Waals surface area contributed by atoms with Gasteiger partial charge in [-0.05, 0) is 25.7 Å². The molecule has 0 saturated carbocycles. The Kier molecular flexibility index (Phi) is 3.29. The van der Waals surface area contributed by atoms with Crippen LogP contribution in [0.3, 0.4) is 0 Å². The maximum Gasteiger partial charge on any atom is 0.306 e. The number of hydrogen-bond acceptors (Lipinski definition) is 2. The van der Waals surface area contributed by atoms with Crippen molar-refractivity contribution in [1.29, 1.82) is 0 Å². The predicted molar refractivity (Wildman–Crippen MR) is 44.7 cm³/mol. The van der Waals surface area contributed by atoms with Crippen LogP contribution in [0.2, 0.25) is 0 Å². The van der Waals surface area contributed by atoms with Crippen LogP contribution in [0.4, 0.5) is 0 Å². The number of aliphatic carboxylic acids is 1. The summed E-state index contributed by atoms with van der Waals surface area (Å²) in [5, 5.41) is 17.9. The molecule has 0 aliphatic heterocycles. The fraction of sp³-hybridized carbons (Fsp3) is 0.667. The van der Waals surface area contributed by atoms with E-state index in [1.54, 1.807) is 12.2 Å². The molecule has 2 unspecified atom stereocenters. The Morgan fingerprint density at radius 1 is 1.42 bits per heavy atom. The molecule has 1 aliphatic carbocycles. The fourth-order valence-electron chi connectivity index (χ4n) is 1.41. The van der Waals surface area contributed by atoms with Gasteiger partial charge < -0.3 is 10.2 Å². The highest BCUT2D eigenvalue weighted by molar-refractivity contribution is 5.70. The van der Waals surface area contributed by atoms with Gasteiger partial charge in [-0.1, -0.05) is 12.2 Å². The minimum atomic E-state index is -0.726. The topological polar surface area (TPSA) is 57.5 Å². The van der Waals surface area contributed by atoms with Crippen molar-refractivity contribution in [3.63, 3.8) is 0 Å². The van der Waals surface area contributed by atoms with Crippen LogP contribution < -0.4 is 0 Å². The molecule has 2 atom stereocenters. The Balaban J connectivity index is 2.50. The minimum Gasteiger partial charge on any atom is -0.481 e. The van der Waals surface area contributed by atoms with E-state index in [2.05, 4.69) is 0 Å². The van der Waals surface area contributed by atoms with Gasteiger partial charge >= 0.3 is 5.97 Å². The molecule has 2 N–H and O–H groups in total. The highest BCUT2D eigenvalue weighted by Gasteiger charge is 2.17. The smallest absolute Gasteiger partial charge is 0.306 e. The molecule has 0 saturated heterocycles. The molecule has 0 amide bonds. The fourth-order valence-corrected chi connectivity index (χ4v) is 1.41. The molecular weight excluding hydrogens is 156 g/mol. The van der Waals surface area contributed by atoms with Gasteiger partial charge in [0.05, 0.1) is 12.0 Å². The highest BCUT2D eigenvalue weighted by Crippen LogP contribution is 2.18. The van der Waals surface area contributed by atoms with Gasteiger partial charge in [-0.25, -0.2) is 0 Å². The van der Waals surface area contributed by atoms with Crippen molar-refractivity contribution >= 4 is 5.97 Å². The Morgan fingerprint density at radius 3 is 2.83 bits per heavy atom. The maximum absolute atomic E-state index is 10.6. The van der Waals surface area contributed by atoms with Gasteiger partial charge in [-0.15, -0.1) is 0 Å². The summed E-state index contributed by atoms with van der Waals surface area (Å²) in [6.07, 6.45) is 5.78. The van der Waals surface area contributed by atoms with Gasteiger partial charge in [0.2, 0.25) is 0 Å².